The topological polar surface area (TPSA) is 29.5 Å². The molecule has 0 aromatic heterocycles. The van der Waals surface area contributed by atoms with Crippen LogP contribution in [0.3, 0.4) is 0 Å². The highest BCUT2D eigenvalue weighted by Gasteiger charge is 2.08. The number of thioether (sulfide) groups is 1. The molecule has 0 spiro atoms. The van der Waals surface area contributed by atoms with Crippen molar-refractivity contribution in [3.05, 3.63) is 29.6 Å². The monoisotopic (exact) mass is 244 g/mol. The van der Waals surface area contributed by atoms with E-state index in [1.807, 2.05) is 0 Å². The van der Waals surface area contributed by atoms with E-state index in [1.54, 1.807) is 23.9 Å². The molecule has 1 aromatic rings. The first kappa shape index (κ1) is 13.3. The van der Waals surface area contributed by atoms with Crippen LogP contribution >= 0.6 is 11.8 Å². The summed E-state index contributed by atoms with van der Waals surface area (Å²) in [5.74, 6) is 2.05. The maximum Gasteiger partial charge on any atom is 0.132 e. The number of hydrogen-bond acceptors (Lipinski definition) is 3. The summed E-state index contributed by atoms with van der Waals surface area (Å²) in [6, 6.07) is 4.56. The number of benzene rings is 1. The van der Waals surface area contributed by atoms with Crippen molar-refractivity contribution in [2.45, 2.75) is 20.0 Å². The Balaban J connectivity index is 2.53. The first-order valence-corrected chi connectivity index (χ1v) is 6.48. The highest BCUT2D eigenvalue weighted by atomic mass is 32.2. The second-order valence-electron chi connectivity index (χ2n) is 3.40. The van der Waals surface area contributed by atoms with E-state index in [2.05, 4.69) is 6.92 Å². The zero-order valence-corrected chi connectivity index (χ0v) is 10.4. The van der Waals surface area contributed by atoms with Gasteiger partial charge < -0.3 is 9.84 Å². The van der Waals surface area contributed by atoms with Crippen LogP contribution in [0.15, 0.2) is 18.2 Å². The Morgan fingerprint density at radius 1 is 1.50 bits per heavy atom. The number of rotatable bonds is 6. The molecule has 2 nitrogen and oxygen atoms in total. The molecule has 16 heavy (non-hydrogen) atoms. The van der Waals surface area contributed by atoms with Gasteiger partial charge in [-0.25, -0.2) is 4.39 Å². The van der Waals surface area contributed by atoms with Crippen LogP contribution in [0.4, 0.5) is 4.39 Å². The van der Waals surface area contributed by atoms with Crippen molar-refractivity contribution >= 4 is 11.8 Å². The molecule has 90 valence electrons. The molecule has 0 heterocycles. The fourth-order valence-electron chi connectivity index (χ4n) is 1.30. The van der Waals surface area contributed by atoms with Crippen molar-refractivity contribution in [3.63, 3.8) is 0 Å². The molecule has 0 aliphatic carbocycles. The summed E-state index contributed by atoms with van der Waals surface area (Å²) in [6.45, 7) is 4.20. The zero-order chi connectivity index (χ0) is 12.0. The lowest BCUT2D eigenvalue weighted by Crippen LogP contribution is -2.02. The van der Waals surface area contributed by atoms with Gasteiger partial charge >= 0.3 is 0 Å². The number of aliphatic hydroxyl groups is 1. The molecule has 0 aliphatic heterocycles. The van der Waals surface area contributed by atoms with Gasteiger partial charge in [-0.2, -0.15) is 11.8 Å². The molecular formula is C12H17FO2S. The van der Waals surface area contributed by atoms with Crippen LogP contribution in [-0.4, -0.2) is 23.2 Å². The Labute approximate surface area is 99.8 Å². The molecule has 1 rings (SSSR count). The summed E-state index contributed by atoms with van der Waals surface area (Å²) in [5, 5.41) is 9.26. The fourth-order valence-corrected chi connectivity index (χ4v) is 1.79. The van der Waals surface area contributed by atoms with Gasteiger partial charge in [-0.1, -0.05) is 6.92 Å². The van der Waals surface area contributed by atoms with Crippen LogP contribution in [0, 0.1) is 5.82 Å². The second-order valence-corrected chi connectivity index (χ2v) is 4.80. The van der Waals surface area contributed by atoms with Gasteiger partial charge in [0, 0.05) is 17.4 Å². The molecule has 0 saturated carbocycles. The minimum absolute atomic E-state index is 0.301. The van der Waals surface area contributed by atoms with Crippen LogP contribution in [-0.2, 0) is 0 Å². The molecule has 1 unspecified atom stereocenters. The molecule has 1 aromatic carbocycles. The van der Waals surface area contributed by atoms with E-state index in [4.69, 9.17) is 4.74 Å². The van der Waals surface area contributed by atoms with Crippen molar-refractivity contribution in [1.82, 2.24) is 0 Å². The fraction of sp³-hybridized carbons (Fsp3) is 0.500. The van der Waals surface area contributed by atoms with Crippen LogP contribution < -0.4 is 4.74 Å². The molecular weight excluding hydrogens is 227 g/mol. The van der Waals surface area contributed by atoms with Crippen LogP contribution in [0.5, 0.6) is 5.75 Å². The van der Waals surface area contributed by atoms with Gasteiger partial charge in [0.2, 0.25) is 0 Å². The third kappa shape index (κ3) is 4.02. The lowest BCUT2D eigenvalue weighted by atomic mass is 10.1. The van der Waals surface area contributed by atoms with Gasteiger partial charge in [-0.3, -0.25) is 0 Å². The summed E-state index contributed by atoms with van der Waals surface area (Å²) in [7, 11) is 0. The smallest absolute Gasteiger partial charge is 0.132 e. The Bertz CT molecular complexity index is 329. The third-order valence-corrected chi connectivity index (χ3v) is 2.99. The minimum atomic E-state index is -0.787. The standard InChI is InChI=1S/C12H17FO2S/c1-3-16-7-6-15-10-4-5-11(9(2)14)12(13)8-10/h4-5,8-9,14H,3,6-7H2,1-2H3. The second kappa shape index (κ2) is 6.76. The Hall–Kier alpha value is -0.740. The summed E-state index contributed by atoms with van der Waals surface area (Å²) < 4.78 is 18.8. The minimum Gasteiger partial charge on any atom is -0.493 e. The van der Waals surface area contributed by atoms with E-state index in [9.17, 15) is 9.50 Å². The summed E-state index contributed by atoms with van der Waals surface area (Å²) in [4.78, 5) is 0. The molecule has 0 amide bonds. The highest BCUT2D eigenvalue weighted by molar-refractivity contribution is 7.99. The predicted molar refractivity (Wildman–Crippen MR) is 65.5 cm³/mol. The van der Waals surface area contributed by atoms with E-state index >= 15 is 0 Å². The molecule has 4 heteroatoms. The summed E-state index contributed by atoms with van der Waals surface area (Å²) in [6.07, 6.45) is -0.787. The lowest BCUT2D eigenvalue weighted by Gasteiger charge is -2.09. The normalized spacial score (nSPS) is 12.5. The van der Waals surface area contributed by atoms with Crippen molar-refractivity contribution < 1.29 is 14.2 Å². The van der Waals surface area contributed by atoms with Gasteiger partial charge in [0.1, 0.15) is 11.6 Å². The van der Waals surface area contributed by atoms with Gasteiger partial charge in [-0.15, -0.1) is 0 Å². The average Bonchev–Trinajstić information content (AvgIpc) is 2.24. The maximum absolute atomic E-state index is 13.4. The maximum atomic E-state index is 13.4. The third-order valence-electron chi connectivity index (χ3n) is 2.12. The van der Waals surface area contributed by atoms with Gasteiger partial charge in [0.05, 0.1) is 12.7 Å². The van der Waals surface area contributed by atoms with Crippen molar-refractivity contribution in [3.8, 4) is 5.75 Å². The summed E-state index contributed by atoms with van der Waals surface area (Å²) >= 11 is 1.78. The number of aliphatic hydroxyl groups excluding tert-OH is 1. The SMILES string of the molecule is CCSCCOc1ccc(C(C)O)c(F)c1. The number of hydrogen-bond donors (Lipinski definition) is 1. The lowest BCUT2D eigenvalue weighted by molar-refractivity contribution is 0.194. The van der Waals surface area contributed by atoms with Crippen molar-refractivity contribution in [2.24, 2.45) is 0 Å². The average molecular weight is 244 g/mol. The van der Waals surface area contributed by atoms with Gasteiger partial charge in [0.15, 0.2) is 0 Å². The quantitative estimate of drug-likeness (QED) is 0.780. The van der Waals surface area contributed by atoms with Gasteiger partial charge in [0.25, 0.3) is 0 Å². The zero-order valence-electron chi connectivity index (χ0n) is 9.57. The van der Waals surface area contributed by atoms with E-state index in [-0.39, 0.29) is 0 Å². The highest BCUT2D eigenvalue weighted by Crippen LogP contribution is 2.21. The van der Waals surface area contributed by atoms with Crippen LogP contribution in [0.25, 0.3) is 0 Å². The Kier molecular flexibility index (Phi) is 5.63. The summed E-state index contributed by atoms with van der Waals surface area (Å²) in [5.41, 5.74) is 0.301. The number of ether oxygens (including phenoxy) is 1. The molecule has 0 radical (unpaired) electrons. The van der Waals surface area contributed by atoms with E-state index < -0.39 is 11.9 Å². The molecule has 1 N–H and O–H groups in total. The molecule has 1 atom stereocenters. The first-order valence-electron chi connectivity index (χ1n) is 5.33. The molecule has 0 bridgehead atoms. The largest absolute Gasteiger partial charge is 0.493 e. The van der Waals surface area contributed by atoms with E-state index in [1.165, 1.54) is 13.0 Å². The Morgan fingerprint density at radius 3 is 2.81 bits per heavy atom. The Morgan fingerprint density at radius 2 is 2.25 bits per heavy atom. The first-order chi connectivity index (χ1) is 7.65. The van der Waals surface area contributed by atoms with Crippen molar-refractivity contribution in [2.75, 3.05) is 18.1 Å². The van der Waals surface area contributed by atoms with E-state index in [0.717, 1.165) is 11.5 Å². The molecule has 0 aliphatic rings. The van der Waals surface area contributed by atoms with Gasteiger partial charge in [-0.05, 0) is 24.8 Å². The molecule has 0 saturated heterocycles. The van der Waals surface area contributed by atoms with Crippen LogP contribution in [0.1, 0.15) is 25.5 Å². The number of halogens is 1. The van der Waals surface area contributed by atoms with Crippen LogP contribution in [0.2, 0.25) is 0 Å². The molecule has 0 fully saturated rings. The predicted octanol–water partition coefficient (Wildman–Crippen LogP) is 3.01. The van der Waals surface area contributed by atoms with Crippen molar-refractivity contribution in [1.29, 1.82) is 0 Å². The van der Waals surface area contributed by atoms with E-state index in [0.29, 0.717) is 17.9 Å².